The van der Waals surface area contributed by atoms with E-state index in [0.717, 1.165) is 44.4 Å². The first-order valence-corrected chi connectivity index (χ1v) is 10.2. The SMILES string of the molecule is CCCCC1=N[C]([SnH])=C(Cl)N(CCCC)C1CCCC. The Hall–Kier alpha value is 0.299. The van der Waals surface area contributed by atoms with Crippen molar-refractivity contribution >= 4 is 39.8 Å². The first kappa shape index (κ1) is 18.3. The third kappa shape index (κ3) is 5.25. The van der Waals surface area contributed by atoms with Crippen molar-refractivity contribution in [1.29, 1.82) is 0 Å². The van der Waals surface area contributed by atoms with E-state index < -0.39 is 0 Å². The monoisotopic (exact) mass is 404 g/mol. The molecule has 0 saturated heterocycles. The zero-order chi connectivity index (χ0) is 15.0. The maximum atomic E-state index is 6.57. The predicted molar refractivity (Wildman–Crippen MR) is 91.9 cm³/mol. The summed E-state index contributed by atoms with van der Waals surface area (Å²) in [5.41, 5.74) is 1.39. The topological polar surface area (TPSA) is 15.6 Å². The van der Waals surface area contributed by atoms with E-state index in [4.69, 9.17) is 16.6 Å². The van der Waals surface area contributed by atoms with Gasteiger partial charge >= 0.3 is 143 Å². The summed E-state index contributed by atoms with van der Waals surface area (Å²) < 4.78 is 1.13. The molecule has 0 aliphatic carbocycles. The summed E-state index contributed by atoms with van der Waals surface area (Å²) in [6.07, 6.45) is 9.77. The molecule has 0 bridgehead atoms. The van der Waals surface area contributed by atoms with Crippen LogP contribution in [0.25, 0.3) is 0 Å². The summed E-state index contributed by atoms with van der Waals surface area (Å²) in [6, 6.07) is 0.455. The Morgan fingerprint density at radius 1 is 1.10 bits per heavy atom. The second-order valence-corrected chi connectivity index (χ2v) is 7.51. The van der Waals surface area contributed by atoms with Crippen molar-refractivity contribution in [3.8, 4) is 0 Å². The third-order valence-electron chi connectivity index (χ3n) is 3.86. The minimum absolute atomic E-state index is 0.455. The Kier molecular flexibility index (Phi) is 9.26. The van der Waals surface area contributed by atoms with Gasteiger partial charge in [0.05, 0.1) is 0 Å². The number of nitrogens with zero attached hydrogens (tertiary/aromatic N) is 2. The number of halogens is 1. The molecule has 1 heterocycles. The van der Waals surface area contributed by atoms with Gasteiger partial charge in [0.15, 0.2) is 0 Å². The van der Waals surface area contributed by atoms with Crippen molar-refractivity contribution in [2.45, 2.75) is 78.2 Å². The van der Waals surface area contributed by atoms with E-state index in [1.807, 2.05) is 0 Å². The van der Waals surface area contributed by atoms with Gasteiger partial charge in [0, 0.05) is 0 Å². The molecule has 1 unspecified atom stereocenters. The summed E-state index contributed by atoms with van der Waals surface area (Å²) in [6.45, 7) is 7.84. The summed E-state index contributed by atoms with van der Waals surface area (Å²) in [5, 5.41) is 0.933. The van der Waals surface area contributed by atoms with Crippen LogP contribution in [0.4, 0.5) is 0 Å². The number of hydrogen-bond acceptors (Lipinski definition) is 2. The van der Waals surface area contributed by atoms with Crippen molar-refractivity contribution in [2.75, 3.05) is 6.54 Å². The molecule has 0 fully saturated rings. The average Bonchev–Trinajstić information content (AvgIpc) is 2.45. The molecule has 1 aliphatic heterocycles. The van der Waals surface area contributed by atoms with Crippen molar-refractivity contribution in [3.63, 3.8) is 0 Å². The van der Waals surface area contributed by atoms with Crippen molar-refractivity contribution < 1.29 is 0 Å². The van der Waals surface area contributed by atoms with E-state index in [9.17, 15) is 0 Å². The van der Waals surface area contributed by atoms with E-state index in [1.165, 1.54) is 50.7 Å². The Labute approximate surface area is 143 Å². The van der Waals surface area contributed by atoms with Crippen molar-refractivity contribution in [1.82, 2.24) is 4.90 Å². The van der Waals surface area contributed by atoms with Crippen molar-refractivity contribution in [2.24, 2.45) is 4.99 Å². The second-order valence-electron chi connectivity index (χ2n) is 5.59. The van der Waals surface area contributed by atoms with Crippen LogP contribution in [0, 0.1) is 0 Å². The van der Waals surface area contributed by atoms with Crippen LogP contribution in [0.2, 0.25) is 0 Å². The van der Waals surface area contributed by atoms with Crippen LogP contribution in [0.3, 0.4) is 0 Å². The molecule has 0 spiro atoms. The normalized spacial score (nSPS) is 19.6. The van der Waals surface area contributed by atoms with Gasteiger partial charge in [-0.05, 0) is 0 Å². The maximum absolute atomic E-state index is 6.57. The Morgan fingerprint density at radius 2 is 1.75 bits per heavy atom. The zero-order valence-corrected chi connectivity index (χ0v) is 17.3. The third-order valence-corrected chi connectivity index (χ3v) is 5.94. The molecule has 1 atom stereocenters. The molecule has 20 heavy (non-hydrogen) atoms. The van der Waals surface area contributed by atoms with Gasteiger partial charge in [-0.25, -0.2) is 0 Å². The molecule has 1 rings (SSSR count). The standard InChI is InChI=1S/C16H28ClN2.Sn.H/c1-4-7-10-14-15(11-8-5-2)19(12-9-6-3)16(17)13-18-14;;/h15H,4-12H2,1-3H3;;. The van der Waals surface area contributed by atoms with Crippen LogP contribution in [0.1, 0.15) is 72.1 Å². The van der Waals surface area contributed by atoms with Crippen LogP contribution in [-0.4, -0.2) is 45.7 Å². The van der Waals surface area contributed by atoms with Crippen LogP contribution >= 0.6 is 11.6 Å². The van der Waals surface area contributed by atoms with Crippen LogP contribution < -0.4 is 0 Å². The Balaban J connectivity index is 2.89. The predicted octanol–water partition coefficient (Wildman–Crippen LogP) is 4.56. The van der Waals surface area contributed by atoms with Gasteiger partial charge in [0.2, 0.25) is 0 Å². The van der Waals surface area contributed by atoms with E-state index in [1.54, 1.807) is 0 Å². The summed E-state index contributed by atoms with van der Waals surface area (Å²) in [4.78, 5) is 7.32. The van der Waals surface area contributed by atoms with E-state index >= 15 is 0 Å². The fourth-order valence-corrected chi connectivity index (χ4v) is 3.81. The molecular weight excluding hydrogens is 374 g/mol. The van der Waals surface area contributed by atoms with Gasteiger partial charge in [-0.1, -0.05) is 0 Å². The molecule has 2 nitrogen and oxygen atoms in total. The Bertz CT molecular complexity index is 352. The van der Waals surface area contributed by atoms with Crippen LogP contribution in [0.5, 0.6) is 0 Å². The molecule has 1 aliphatic rings. The van der Waals surface area contributed by atoms with Gasteiger partial charge in [0.25, 0.3) is 0 Å². The number of hydrogen-bond donors (Lipinski definition) is 0. The van der Waals surface area contributed by atoms with Crippen molar-refractivity contribution in [3.05, 3.63) is 8.87 Å². The van der Waals surface area contributed by atoms with E-state index in [2.05, 4.69) is 25.7 Å². The molecule has 4 heteroatoms. The molecule has 0 aromatic rings. The molecular formula is C16H29ClN2Sn. The Morgan fingerprint density at radius 3 is 2.35 bits per heavy atom. The molecule has 2 radical (unpaired) electrons. The number of rotatable bonds is 9. The fraction of sp³-hybridized carbons (Fsp3) is 0.812. The number of unbranched alkanes of at least 4 members (excludes halogenated alkanes) is 3. The first-order valence-electron chi connectivity index (χ1n) is 8.14. The van der Waals surface area contributed by atoms with Gasteiger partial charge in [-0.2, -0.15) is 0 Å². The summed E-state index contributed by atoms with van der Waals surface area (Å²) >= 11 is 7.59. The summed E-state index contributed by atoms with van der Waals surface area (Å²) in [5.74, 6) is 0. The average molecular weight is 404 g/mol. The molecule has 0 amide bonds. The molecule has 0 N–H and O–H groups in total. The zero-order valence-electron chi connectivity index (χ0n) is 13.3. The fourth-order valence-electron chi connectivity index (χ4n) is 2.62. The van der Waals surface area contributed by atoms with E-state index in [0.29, 0.717) is 6.04 Å². The second kappa shape index (κ2) is 10.1. The summed E-state index contributed by atoms with van der Waals surface area (Å²) in [7, 11) is 0. The first-order chi connectivity index (χ1) is 9.65. The van der Waals surface area contributed by atoms with Gasteiger partial charge in [-0.15, -0.1) is 0 Å². The molecule has 0 saturated carbocycles. The quantitative estimate of drug-likeness (QED) is 0.407. The van der Waals surface area contributed by atoms with Gasteiger partial charge in [-0.3, -0.25) is 0 Å². The minimum atomic E-state index is 0.455. The van der Waals surface area contributed by atoms with Gasteiger partial charge in [0.1, 0.15) is 0 Å². The van der Waals surface area contributed by atoms with Crippen LogP contribution in [0.15, 0.2) is 13.9 Å². The van der Waals surface area contributed by atoms with Crippen LogP contribution in [-0.2, 0) is 0 Å². The van der Waals surface area contributed by atoms with E-state index in [-0.39, 0.29) is 0 Å². The molecule has 0 aromatic heterocycles. The molecule has 114 valence electrons. The number of aliphatic imine (C=N–C) groups is 1. The molecule has 0 aromatic carbocycles. The van der Waals surface area contributed by atoms with Gasteiger partial charge < -0.3 is 0 Å².